The Labute approximate surface area is 162 Å². The highest BCUT2D eigenvalue weighted by atomic mass is 16.6. The van der Waals surface area contributed by atoms with E-state index >= 15 is 0 Å². The third-order valence-electron chi connectivity index (χ3n) is 3.97. The van der Waals surface area contributed by atoms with Gasteiger partial charge in [-0.15, -0.1) is 0 Å². The summed E-state index contributed by atoms with van der Waals surface area (Å²) in [4.78, 5) is 16.4. The van der Waals surface area contributed by atoms with Gasteiger partial charge in [-0.25, -0.2) is 0 Å². The van der Waals surface area contributed by atoms with Gasteiger partial charge in [0.2, 0.25) is 5.82 Å². The molecule has 0 spiro atoms. The van der Waals surface area contributed by atoms with E-state index in [9.17, 15) is 4.79 Å². The summed E-state index contributed by atoms with van der Waals surface area (Å²) in [6, 6.07) is 12.5. The van der Waals surface area contributed by atoms with Crippen molar-refractivity contribution in [2.75, 3.05) is 21.3 Å². The lowest BCUT2D eigenvalue weighted by Gasteiger charge is -2.09. The summed E-state index contributed by atoms with van der Waals surface area (Å²) >= 11 is 0. The summed E-state index contributed by atoms with van der Waals surface area (Å²) in [5, 5.41) is 3.91. The van der Waals surface area contributed by atoms with Crippen molar-refractivity contribution < 1.29 is 28.3 Å². The van der Waals surface area contributed by atoms with Gasteiger partial charge in [0, 0.05) is 0 Å². The number of para-hydroxylation sites is 1. The van der Waals surface area contributed by atoms with Gasteiger partial charge in [0.15, 0.2) is 18.1 Å². The zero-order valence-corrected chi connectivity index (χ0v) is 15.8. The van der Waals surface area contributed by atoms with Crippen molar-refractivity contribution in [2.24, 2.45) is 0 Å². The molecular formula is C20H20N2O6. The molecule has 0 amide bonds. The van der Waals surface area contributed by atoms with Crippen LogP contribution in [0.15, 0.2) is 47.0 Å². The molecule has 0 bridgehead atoms. The van der Waals surface area contributed by atoms with Crippen molar-refractivity contribution in [2.45, 2.75) is 13.0 Å². The van der Waals surface area contributed by atoms with E-state index in [-0.39, 0.29) is 18.9 Å². The summed E-state index contributed by atoms with van der Waals surface area (Å²) in [5.41, 5.74) is 1.43. The van der Waals surface area contributed by atoms with Crippen molar-refractivity contribution in [3.05, 3.63) is 53.9 Å². The molecular weight excluding hydrogens is 364 g/mol. The highest BCUT2D eigenvalue weighted by Crippen LogP contribution is 2.28. The third-order valence-corrected chi connectivity index (χ3v) is 3.97. The number of ether oxygens (including phenoxy) is 4. The lowest BCUT2D eigenvalue weighted by Crippen LogP contribution is -2.08. The molecule has 3 aromatic rings. The Kier molecular flexibility index (Phi) is 6.11. The number of aromatic nitrogens is 2. The fourth-order valence-electron chi connectivity index (χ4n) is 2.60. The van der Waals surface area contributed by atoms with Crippen LogP contribution in [0.25, 0.3) is 11.4 Å². The molecule has 0 saturated heterocycles. The summed E-state index contributed by atoms with van der Waals surface area (Å²) in [5.74, 6) is 1.90. The van der Waals surface area contributed by atoms with Crippen LogP contribution in [0.5, 0.6) is 17.2 Å². The lowest BCUT2D eigenvalue weighted by atomic mass is 10.1. The molecule has 0 N–H and O–H groups in total. The van der Waals surface area contributed by atoms with Crippen LogP contribution in [0, 0.1) is 0 Å². The third kappa shape index (κ3) is 4.40. The van der Waals surface area contributed by atoms with Crippen LogP contribution in [0.1, 0.15) is 11.5 Å². The van der Waals surface area contributed by atoms with Crippen LogP contribution in [-0.2, 0) is 22.6 Å². The molecule has 8 nitrogen and oxygen atoms in total. The summed E-state index contributed by atoms with van der Waals surface area (Å²) in [6.45, 7) is -0.117. The van der Waals surface area contributed by atoms with E-state index in [4.69, 9.17) is 23.5 Å². The van der Waals surface area contributed by atoms with Gasteiger partial charge >= 0.3 is 5.97 Å². The van der Waals surface area contributed by atoms with Gasteiger partial charge in [0.05, 0.1) is 33.3 Å². The first-order valence-electron chi connectivity index (χ1n) is 8.47. The van der Waals surface area contributed by atoms with Crippen LogP contribution < -0.4 is 14.2 Å². The van der Waals surface area contributed by atoms with Crippen molar-refractivity contribution in [3.8, 4) is 28.6 Å². The van der Waals surface area contributed by atoms with Crippen molar-refractivity contribution >= 4 is 5.97 Å². The minimum atomic E-state index is -0.427. The zero-order valence-electron chi connectivity index (χ0n) is 15.8. The van der Waals surface area contributed by atoms with Gasteiger partial charge in [-0.1, -0.05) is 23.4 Å². The Morgan fingerprint density at radius 3 is 2.46 bits per heavy atom. The molecule has 0 aliphatic heterocycles. The van der Waals surface area contributed by atoms with Crippen molar-refractivity contribution in [3.63, 3.8) is 0 Å². The number of rotatable bonds is 8. The molecule has 0 aliphatic rings. The minimum absolute atomic E-state index is 0.0772. The number of benzene rings is 2. The maximum absolute atomic E-state index is 12.1. The largest absolute Gasteiger partial charge is 0.496 e. The van der Waals surface area contributed by atoms with Crippen LogP contribution >= 0.6 is 0 Å². The Hall–Kier alpha value is -3.55. The molecule has 1 heterocycles. The first-order valence-corrected chi connectivity index (χ1v) is 8.47. The highest BCUT2D eigenvalue weighted by Gasteiger charge is 2.15. The van der Waals surface area contributed by atoms with E-state index < -0.39 is 5.97 Å². The predicted octanol–water partition coefficient (Wildman–Crippen LogP) is 3.05. The smallest absolute Gasteiger partial charge is 0.310 e. The Bertz CT molecular complexity index is 953. The monoisotopic (exact) mass is 384 g/mol. The molecule has 2 aromatic carbocycles. The van der Waals surface area contributed by atoms with Gasteiger partial charge in [-0.05, 0) is 29.8 Å². The Morgan fingerprint density at radius 1 is 0.964 bits per heavy atom. The quantitative estimate of drug-likeness (QED) is 0.547. The lowest BCUT2D eigenvalue weighted by molar-refractivity contribution is -0.144. The van der Waals surface area contributed by atoms with E-state index in [2.05, 4.69) is 10.1 Å². The second kappa shape index (κ2) is 8.90. The standard InChI is InChI=1S/C20H20N2O6/c1-24-15-7-5-4-6-14(15)20-21-18(28-22-20)12-27-19(23)11-13-8-9-16(25-2)17(10-13)26-3/h4-10H,11-12H2,1-3H3. The number of carbonyl (C=O) groups excluding carboxylic acids is 1. The van der Waals surface area contributed by atoms with Crippen molar-refractivity contribution in [1.82, 2.24) is 10.1 Å². The molecule has 0 atom stereocenters. The fraction of sp³-hybridized carbons (Fsp3) is 0.250. The second-order valence-corrected chi connectivity index (χ2v) is 5.74. The average Bonchev–Trinajstić information content (AvgIpc) is 3.21. The van der Waals surface area contributed by atoms with Crippen molar-refractivity contribution in [1.29, 1.82) is 0 Å². The molecule has 28 heavy (non-hydrogen) atoms. The molecule has 0 radical (unpaired) electrons. The van der Waals surface area contributed by atoms with Gasteiger partial charge in [-0.3, -0.25) is 4.79 Å². The molecule has 0 unspecified atom stereocenters. The van der Waals surface area contributed by atoms with Crippen LogP contribution in [0.3, 0.4) is 0 Å². The Balaban J connectivity index is 1.60. The summed E-state index contributed by atoms with van der Waals surface area (Å²) < 4.78 is 26.1. The number of hydrogen-bond acceptors (Lipinski definition) is 8. The SMILES string of the molecule is COc1ccc(CC(=O)OCc2nc(-c3ccccc3OC)no2)cc1OC. The fourth-order valence-corrected chi connectivity index (χ4v) is 2.60. The topological polar surface area (TPSA) is 92.9 Å². The normalized spacial score (nSPS) is 10.4. The van der Waals surface area contributed by atoms with Gasteiger partial charge in [-0.2, -0.15) is 4.98 Å². The molecule has 3 rings (SSSR count). The number of esters is 1. The molecule has 1 aromatic heterocycles. The molecule has 0 saturated carbocycles. The molecule has 0 fully saturated rings. The average molecular weight is 384 g/mol. The first kappa shape index (κ1) is 19.2. The van der Waals surface area contributed by atoms with E-state index in [1.807, 2.05) is 18.2 Å². The summed E-state index contributed by atoms with van der Waals surface area (Å²) in [6.07, 6.45) is 0.0772. The Morgan fingerprint density at radius 2 is 1.71 bits per heavy atom. The van der Waals surface area contributed by atoms with E-state index in [0.29, 0.717) is 28.6 Å². The van der Waals surface area contributed by atoms with E-state index in [0.717, 1.165) is 5.56 Å². The summed E-state index contributed by atoms with van der Waals surface area (Å²) in [7, 11) is 4.65. The van der Waals surface area contributed by atoms with Gasteiger partial charge in [0.25, 0.3) is 5.89 Å². The predicted molar refractivity (Wildman–Crippen MR) is 99.3 cm³/mol. The molecule has 146 valence electrons. The van der Waals surface area contributed by atoms with Gasteiger partial charge in [0.1, 0.15) is 5.75 Å². The number of carbonyl (C=O) groups is 1. The van der Waals surface area contributed by atoms with Crippen LogP contribution in [0.4, 0.5) is 0 Å². The maximum atomic E-state index is 12.1. The van der Waals surface area contributed by atoms with E-state index in [1.54, 1.807) is 38.5 Å². The number of hydrogen-bond donors (Lipinski definition) is 0. The second-order valence-electron chi connectivity index (χ2n) is 5.74. The van der Waals surface area contributed by atoms with Gasteiger partial charge < -0.3 is 23.5 Å². The van der Waals surface area contributed by atoms with Crippen LogP contribution in [0.2, 0.25) is 0 Å². The highest BCUT2D eigenvalue weighted by molar-refractivity contribution is 5.73. The molecule has 0 aliphatic carbocycles. The zero-order chi connectivity index (χ0) is 19.9. The molecule has 8 heteroatoms. The van der Waals surface area contributed by atoms with E-state index in [1.165, 1.54) is 7.11 Å². The number of methoxy groups -OCH3 is 3. The maximum Gasteiger partial charge on any atom is 0.310 e. The number of nitrogens with zero attached hydrogens (tertiary/aromatic N) is 2. The van der Waals surface area contributed by atoms with Crippen LogP contribution in [-0.4, -0.2) is 37.4 Å². The first-order chi connectivity index (χ1) is 13.6. The minimum Gasteiger partial charge on any atom is -0.496 e.